The zero-order chi connectivity index (χ0) is 14.5. The van der Waals surface area contributed by atoms with Crippen molar-refractivity contribution in [3.63, 3.8) is 0 Å². The second-order valence-corrected chi connectivity index (χ2v) is 5.16. The summed E-state index contributed by atoms with van der Waals surface area (Å²) in [5.74, 6) is -0.0919. The van der Waals surface area contributed by atoms with Gasteiger partial charge in [-0.3, -0.25) is 4.79 Å². The molecule has 1 aliphatic rings. The lowest BCUT2D eigenvalue weighted by Crippen LogP contribution is -2.33. The third kappa shape index (κ3) is 3.48. The molecule has 1 saturated heterocycles. The zero-order valence-corrected chi connectivity index (χ0v) is 12.2. The molecule has 1 amide bonds. The van der Waals surface area contributed by atoms with Crippen molar-refractivity contribution < 1.29 is 9.18 Å². The van der Waals surface area contributed by atoms with Crippen LogP contribution in [0.15, 0.2) is 18.2 Å². The van der Waals surface area contributed by atoms with Crippen LogP contribution < -0.4 is 10.2 Å². The van der Waals surface area contributed by atoms with Crippen molar-refractivity contribution in [1.82, 2.24) is 10.2 Å². The third-order valence-corrected chi connectivity index (χ3v) is 3.67. The fourth-order valence-corrected chi connectivity index (χ4v) is 2.59. The number of benzene rings is 1. The zero-order valence-electron chi connectivity index (χ0n) is 12.2. The number of hydrogen-bond donors (Lipinski definition) is 1. The van der Waals surface area contributed by atoms with E-state index in [4.69, 9.17) is 0 Å². The fraction of sp³-hybridized carbons (Fsp3) is 0.533. The minimum Gasteiger partial charge on any atom is -0.367 e. The van der Waals surface area contributed by atoms with Crippen LogP contribution in [0.25, 0.3) is 0 Å². The maximum absolute atomic E-state index is 14.2. The Morgan fingerprint density at radius 3 is 2.75 bits per heavy atom. The molecule has 1 aromatic carbocycles. The molecule has 1 heterocycles. The van der Waals surface area contributed by atoms with Gasteiger partial charge in [-0.1, -0.05) is 6.07 Å². The van der Waals surface area contributed by atoms with Gasteiger partial charge in [-0.05, 0) is 31.2 Å². The Hall–Kier alpha value is -1.62. The van der Waals surface area contributed by atoms with Crippen LogP contribution >= 0.6 is 0 Å². The molecule has 0 spiro atoms. The maximum atomic E-state index is 14.2. The summed E-state index contributed by atoms with van der Waals surface area (Å²) < 4.78 is 14.2. The van der Waals surface area contributed by atoms with E-state index in [2.05, 4.69) is 5.32 Å². The highest BCUT2D eigenvalue weighted by molar-refractivity contribution is 5.73. The molecule has 0 unspecified atom stereocenters. The van der Waals surface area contributed by atoms with E-state index < -0.39 is 0 Å². The highest BCUT2D eigenvalue weighted by Crippen LogP contribution is 2.22. The van der Waals surface area contributed by atoms with Crippen molar-refractivity contribution in [3.05, 3.63) is 29.6 Å². The summed E-state index contributed by atoms with van der Waals surface area (Å²) in [6.07, 6.45) is 0.872. The number of rotatable bonds is 3. The monoisotopic (exact) mass is 279 g/mol. The van der Waals surface area contributed by atoms with Crippen molar-refractivity contribution in [2.24, 2.45) is 0 Å². The van der Waals surface area contributed by atoms with E-state index in [-0.39, 0.29) is 11.7 Å². The minimum atomic E-state index is -0.186. The van der Waals surface area contributed by atoms with Crippen molar-refractivity contribution in [2.75, 3.05) is 38.1 Å². The van der Waals surface area contributed by atoms with Crippen molar-refractivity contribution >= 4 is 11.6 Å². The number of hydrogen-bond acceptors (Lipinski definition) is 3. The summed E-state index contributed by atoms with van der Waals surface area (Å²) in [6, 6.07) is 5.37. The van der Waals surface area contributed by atoms with Gasteiger partial charge in [0.1, 0.15) is 5.82 Å². The van der Waals surface area contributed by atoms with E-state index in [9.17, 15) is 9.18 Å². The molecule has 0 bridgehead atoms. The molecule has 1 aromatic rings. The lowest BCUT2D eigenvalue weighted by atomic mass is 10.1. The molecule has 0 atom stereocenters. The molecule has 110 valence electrons. The Morgan fingerprint density at radius 1 is 1.30 bits per heavy atom. The largest absolute Gasteiger partial charge is 0.367 e. The number of anilines is 1. The molecule has 1 fully saturated rings. The average Bonchev–Trinajstić information content (AvgIpc) is 2.65. The second kappa shape index (κ2) is 6.70. The molecule has 1 aliphatic heterocycles. The number of carbonyl (C=O) groups is 1. The molecular formula is C15H22FN3O. The summed E-state index contributed by atoms with van der Waals surface area (Å²) in [4.78, 5) is 15.3. The van der Waals surface area contributed by atoms with Crippen LogP contribution in [0.1, 0.15) is 18.9 Å². The lowest BCUT2D eigenvalue weighted by molar-refractivity contribution is -0.128. The second-order valence-electron chi connectivity index (χ2n) is 5.16. The van der Waals surface area contributed by atoms with Gasteiger partial charge >= 0.3 is 0 Å². The quantitative estimate of drug-likeness (QED) is 0.913. The number of nitrogens with zero attached hydrogens (tertiary/aromatic N) is 2. The van der Waals surface area contributed by atoms with Crippen molar-refractivity contribution in [1.29, 1.82) is 0 Å². The SMILES string of the molecule is CNCc1ccc(N2CCCN(C(C)=O)CC2)c(F)c1. The van der Waals surface area contributed by atoms with Crippen LogP contribution in [0.2, 0.25) is 0 Å². The molecule has 5 heteroatoms. The molecule has 4 nitrogen and oxygen atoms in total. The summed E-state index contributed by atoms with van der Waals surface area (Å²) in [7, 11) is 1.84. The molecule has 0 aromatic heterocycles. The van der Waals surface area contributed by atoms with Gasteiger partial charge in [0.25, 0.3) is 0 Å². The Labute approximate surface area is 119 Å². The van der Waals surface area contributed by atoms with Crippen LogP contribution in [-0.4, -0.2) is 44.0 Å². The van der Waals surface area contributed by atoms with E-state index in [1.165, 1.54) is 0 Å². The predicted molar refractivity (Wildman–Crippen MR) is 78.2 cm³/mol. The van der Waals surface area contributed by atoms with Crippen molar-refractivity contribution in [2.45, 2.75) is 19.9 Å². The fourth-order valence-electron chi connectivity index (χ4n) is 2.59. The van der Waals surface area contributed by atoms with Gasteiger partial charge in [0.05, 0.1) is 5.69 Å². The molecule has 0 saturated carbocycles. The predicted octanol–water partition coefficient (Wildman–Crippen LogP) is 1.60. The third-order valence-electron chi connectivity index (χ3n) is 3.67. The molecule has 0 radical (unpaired) electrons. The van der Waals surface area contributed by atoms with E-state index in [1.54, 1.807) is 13.0 Å². The first-order valence-corrected chi connectivity index (χ1v) is 7.05. The van der Waals surface area contributed by atoms with Gasteiger partial charge in [0.2, 0.25) is 5.91 Å². The smallest absolute Gasteiger partial charge is 0.219 e. The van der Waals surface area contributed by atoms with Crippen LogP contribution in [-0.2, 0) is 11.3 Å². The number of nitrogens with one attached hydrogen (secondary N) is 1. The van der Waals surface area contributed by atoms with Gasteiger partial charge in [-0.15, -0.1) is 0 Å². The van der Waals surface area contributed by atoms with E-state index in [0.29, 0.717) is 25.3 Å². The van der Waals surface area contributed by atoms with E-state index >= 15 is 0 Å². The van der Waals surface area contributed by atoms with Crippen LogP contribution in [0.5, 0.6) is 0 Å². The molecule has 20 heavy (non-hydrogen) atoms. The minimum absolute atomic E-state index is 0.0942. The first-order valence-electron chi connectivity index (χ1n) is 7.05. The van der Waals surface area contributed by atoms with Crippen LogP contribution in [0, 0.1) is 5.82 Å². The van der Waals surface area contributed by atoms with Gasteiger partial charge in [0.15, 0.2) is 0 Å². The summed E-state index contributed by atoms with van der Waals surface area (Å²) in [5, 5.41) is 3.01. The average molecular weight is 279 g/mol. The summed E-state index contributed by atoms with van der Waals surface area (Å²) in [5.41, 5.74) is 1.57. The first-order chi connectivity index (χ1) is 9.61. The number of amides is 1. The van der Waals surface area contributed by atoms with Crippen molar-refractivity contribution in [3.8, 4) is 0 Å². The number of carbonyl (C=O) groups excluding carboxylic acids is 1. The number of halogens is 1. The standard InChI is InChI=1S/C15H22FN3O/c1-12(20)18-6-3-7-19(9-8-18)15-5-4-13(11-17-2)10-14(15)16/h4-5,10,17H,3,6-9,11H2,1-2H3. The van der Waals surface area contributed by atoms with Gasteiger partial charge < -0.3 is 15.1 Å². The Morgan fingerprint density at radius 2 is 2.10 bits per heavy atom. The summed E-state index contributed by atoms with van der Waals surface area (Å²) in [6.45, 7) is 5.13. The van der Waals surface area contributed by atoms with Crippen LogP contribution in [0.4, 0.5) is 10.1 Å². The topological polar surface area (TPSA) is 35.6 Å². The highest BCUT2D eigenvalue weighted by Gasteiger charge is 2.18. The lowest BCUT2D eigenvalue weighted by Gasteiger charge is -2.24. The molecule has 1 N–H and O–H groups in total. The Kier molecular flexibility index (Phi) is 4.95. The van der Waals surface area contributed by atoms with E-state index in [0.717, 1.165) is 25.1 Å². The van der Waals surface area contributed by atoms with Gasteiger partial charge in [-0.25, -0.2) is 4.39 Å². The normalized spacial score (nSPS) is 16.1. The highest BCUT2D eigenvalue weighted by atomic mass is 19.1. The van der Waals surface area contributed by atoms with E-state index in [1.807, 2.05) is 29.0 Å². The summed E-state index contributed by atoms with van der Waals surface area (Å²) >= 11 is 0. The Balaban J connectivity index is 2.09. The first kappa shape index (κ1) is 14.8. The van der Waals surface area contributed by atoms with Gasteiger partial charge in [-0.2, -0.15) is 0 Å². The van der Waals surface area contributed by atoms with Gasteiger partial charge in [0, 0.05) is 39.6 Å². The molecular weight excluding hydrogens is 257 g/mol. The molecule has 0 aliphatic carbocycles. The molecule has 2 rings (SSSR count). The van der Waals surface area contributed by atoms with Crippen LogP contribution in [0.3, 0.4) is 0 Å². The Bertz CT molecular complexity index is 478. The maximum Gasteiger partial charge on any atom is 0.219 e.